The fourth-order valence-corrected chi connectivity index (χ4v) is 2.49. The Morgan fingerprint density at radius 2 is 1.35 bits per heavy atom. The Kier molecular flexibility index (Phi) is 22.1. The van der Waals surface area contributed by atoms with Crippen LogP contribution in [-0.4, -0.2) is 62.8 Å². The topological polar surface area (TPSA) is 82.1 Å². The van der Waals surface area contributed by atoms with Crippen LogP contribution in [-0.2, 0) is 28.6 Å². The van der Waals surface area contributed by atoms with Crippen LogP contribution in [0.4, 0.5) is 0 Å². The molecule has 1 fully saturated rings. The number of carbonyl (C=O) groups excluding carboxylic acids is 3. The lowest BCUT2D eigenvalue weighted by Crippen LogP contribution is -2.24. The van der Waals surface area contributed by atoms with E-state index >= 15 is 0 Å². The van der Waals surface area contributed by atoms with Gasteiger partial charge in [0.1, 0.15) is 6.61 Å². The predicted octanol–water partition coefficient (Wildman–Crippen LogP) is 4.09. The summed E-state index contributed by atoms with van der Waals surface area (Å²) in [6.45, 7) is 18.4. The Labute approximate surface area is 188 Å². The molecule has 1 aliphatic heterocycles. The van der Waals surface area contributed by atoms with Gasteiger partial charge in [0.05, 0.1) is 13.7 Å². The molecule has 0 unspecified atom stereocenters. The van der Waals surface area contributed by atoms with Gasteiger partial charge in [0, 0.05) is 24.8 Å². The van der Waals surface area contributed by atoms with Crippen LogP contribution in [0.15, 0.2) is 38.0 Å². The third-order valence-electron chi connectivity index (χ3n) is 4.22. The van der Waals surface area contributed by atoms with Gasteiger partial charge in [-0.25, -0.2) is 14.4 Å². The van der Waals surface area contributed by atoms with Crippen LogP contribution in [0.1, 0.15) is 52.4 Å². The van der Waals surface area contributed by atoms with Gasteiger partial charge in [0.25, 0.3) is 0 Å². The molecule has 0 spiro atoms. The number of hydrogen-bond donors (Lipinski definition) is 0. The van der Waals surface area contributed by atoms with E-state index in [2.05, 4.69) is 43.2 Å². The average Bonchev–Trinajstić information content (AvgIpc) is 3.29. The van der Waals surface area contributed by atoms with E-state index in [1.807, 2.05) is 0 Å². The zero-order valence-electron chi connectivity index (χ0n) is 19.6. The number of likely N-dealkylation sites (tertiary alicyclic amines) is 1. The first-order valence-corrected chi connectivity index (χ1v) is 10.8. The number of esters is 3. The molecule has 0 saturated carbocycles. The molecule has 0 aliphatic carbocycles. The molecule has 7 nitrogen and oxygen atoms in total. The maximum Gasteiger partial charge on any atom is 0.330 e. The van der Waals surface area contributed by atoms with Crippen LogP contribution < -0.4 is 0 Å². The number of methoxy groups -OCH3 is 1. The van der Waals surface area contributed by atoms with Crippen LogP contribution in [0.5, 0.6) is 0 Å². The third-order valence-corrected chi connectivity index (χ3v) is 4.22. The van der Waals surface area contributed by atoms with Crippen LogP contribution in [0.3, 0.4) is 0 Å². The molecule has 0 radical (unpaired) electrons. The van der Waals surface area contributed by atoms with Gasteiger partial charge in [-0.3, -0.25) is 4.90 Å². The fourth-order valence-electron chi connectivity index (χ4n) is 2.49. The summed E-state index contributed by atoms with van der Waals surface area (Å²) in [5.41, 5.74) is 0. The maximum absolute atomic E-state index is 10.6. The average molecular weight is 440 g/mol. The second-order valence-corrected chi connectivity index (χ2v) is 7.26. The van der Waals surface area contributed by atoms with Crippen molar-refractivity contribution in [1.29, 1.82) is 0 Å². The number of carbonyl (C=O) groups is 3. The van der Waals surface area contributed by atoms with E-state index in [0.29, 0.717) is 13.2 Å². The van der Waals surface area contributed by atoms with Crippen molar-refractivity contribution in [1.82, 2.24) is 4.90 Å². The molecule has 0 amide bonds. The maximum atomic E-state index is 10.6. The molecular formula is C24H41NO6. The van der Waals surface area contributed by atoms with E-state index in [-0.39, 0.29) is 11.9 Å². The van der Waals surface area contributed by atoms with Gasteiger partial charge in [-0.2, -0.15) is 0 Å². The van der Waals surface area contributed by atoms with Gasteiger partial charge in [-0.1, -0.05) is 52.8 Å². The van der Waals surface area contributed by atoms with Crippen molar-refractivity contribution in [3.8, 4) is 0 Å². The summed E-state index contributed by atoms with van der Waals surface area (Å²) in [6.07, 6.45) is 10.6. The molecule has 0 bridgehead atoms. The Balaban J connectivity index is 0. The van der Waals surface area contributed by atoms with Gasteiger partial charge in [-0.05, 0) is 38.3 Å². The first-order chi connectivity index (χ1) is 14.8. The molecule has 1 heterocycles. The number of ether oxygens (including phenoxy) is 3. The smallest absolute Gasteiger partial charge is 0.330 e. The largest absolute Gasteiger partial charge is 0.466 e. The summed E-state index contributed by atoms with van der Waals surface area (Å²) in [4.78, 5) is 33.4. The zero-order chi connectivity index (χ0) is 23.9. The summed E-state index contributed by atoms with van der Waals surface area (Å²) >= 11 is 0. The van der Waals surface area contributed by atoms with E-state index in [0.717, 1.165) is 44.5 Å². The van der Waals surface area contributed by atoms with Gasteiger partial charge in [0.15, 0.2) is 0 Å². The Morgan fingerprint density at radius 1 is 0.839 bits per heavy atom. The summed E-state index contributed by atoms with van der Waals surface area (Å²) in [7, 11) is 1.31. The van der Waals surface area contributed by atoms with E-state index in [1.54, 1.807) is 0 Å². The molecule has 1 aliphatic rings. The fraction of sp³-hybridized carbons (Fsp3) is 0.625. The molecule has 178 valence electrons. The lowest BCUT2D eigenvalue weighted by atomic mass is 10.1. The highest BCUT2D eigenvalue weighted by Crippen LogP contribution is 2.08. The minimum atomic E-state index is -0.394. The molecule has 0 aromatic rings. The van der Waals surface area contributed by atoms with Crippen molar-refractivity contribution < 1.29 is 28.6 Å². The van der Waals surface area contributed by atoms with E-state index in [9.17, 15) is 14.4 Å². The highest BCUT2D eigenvalue weighted by Gasteiger charge is 2.10. The van der Waals surface area contributed by atoms with E-state index < -0.39 is 5.97 Å². The standard InChI is InChI=1S/C11H20O2.C9H15NO2.C4H6O2/c1-4-11(12)13-9-7-5-6-8-10(2)3;1-2-9(11)12-8-7-10-5-3-4-6-10;1-3-4(5)6-2/h4,10H,1,5-9H2,2-3H3;2H,1,3-8H2;3H,1H2,2H3. The first kappa shape index (κ1) is 30.8. The van der Waals surface area contributed by atoms with Crippen molar-refractivity contribution in [3.05, 3.63) is 38.0 Å². The minimum absolute atomic E-state index is 0.316. The van der Waals surface area contributed by atoms with Crippen LogP contribution in [0, 0.1) is 5.92 Å². The van der Waals surface area contributed by atoms with Crippen molar-refractivity contribution in [2.75, 3.05) is 40.0 Å². The molecule has 0 aromatic heterocycles. The second kappa shape index (κ2) is 22.3. The first-order valence-electron chi connectivity index (χ1n) is 10.8. The quantitative estimate of drug-likeness (QED) is 0.196. The van der Waals surface area contributed by atoms with Crippen molar-refractivity contribution >= 4 is 17.9 Å². The highest BCUT2D eigenvalue weighted by atomic mass is 16.5. The van der Waals surface area contributed by atoms with Gasteiger partial charge >= 0.3 is 17.9 Å². The van der Waals surface area contributed by atoms with Crippen molar-refractivity contribution in [3.63, 3.8) is 0 Å². The van der Waals surface area contributed by atoms with Crippen LogP contribution >= 0.6 is 0 Å². The number of unbranched alkanes of at least 4 members (excludes halogenated alkanes) is 2. The van der Waals surface area contributed by atoms with E-state index in [1.165, 1.54) is 44.9 Å². The summed E-state index contributed by atoms with van der Waals surface area (Å²) < 4.78 is 13.8. The molecule has 1 rings (SSSR count). The molecule has 7 heteroatoms. The van der Waals surface area contributed by atoms with Crippen LogP contribution in [0.25, 0.3) is 0 Å². The third kappa shape index (κ3) is 23.7. The van der Waals surface area contributed by atoms with Crippen molar-refractivity contribution in [2.24, 2.45) is 5.92 Å². The molecule has 31 heavy (non-hydrogen) atoms. The predicted molar refractivity (Wildman–Crippen MR) is 124 cm³/mol. The summed E-state index contributed by atoms with van der Waals surface area (Å²) in [6, 6.07) is 0. The van der Waals surface area contributed by atoms with Gasteiger partial charge < -0.3 is 14.2 Å². The van der Waals surface area contributed by atoms with Crippen LogP contribution in [0.2, 0.25) is 0 Å². The SMILES string of the molecule is C=CC(=O)OC.C=CC(=O)OCCCCCC(C)C.C=CC(=O)OCCN1CCCC1. The number of hydrogen-bond acceptors (Lipinski definition) is 7. The lowest BCUT2D eigenvalue weighted by Gasteiger charge is -2.13. The molecular weight excluding hydrogens is 398 g/mol. The molecule has 0 atom stereocenters. The normalized spacial score (nSPS) is 12.4. The Hall–Kier alpha value is -2.41. The van der Waals surface area contributed by atoms with E-state index in [4.69, 9.17) is 9.47 Å². The lowest BCUT2D eigenvalue weighted by molar-refractivity contribution is -0.138. The number of rotatable bonds is 12. The van der Waals surface area contributed by atoms with Gasteiger partial charge in [-0.15, -0.1) is 0 Å². The monoisotopic (exact) mass is 439 g/mol. The Morgan fingerprint density at radius 3 is 1.77 bits per heavy atom. The van der Waals surface area contributed by atoms with Crippen molar-refractivity contribution in [2.45, 2.75) is 52.4 Å². The highest BCUT2D eigenvalue weighted by molar-refractivity contribution is 5.81. The zero-order valence-corrected chi connectivity index (χ0v) is 19.6. The Bertz CT molecular complexity index is 524. The minimum Gasteiger partial charge on any atom is -0.466 e. The molecule has 0 aromatic carbocycles. The van der Waals surface area contributed by atoms with Gasteiger partial charge in [0.2, 0.25) is 0 Å². The summed E-state index contributed by atoms with van der Waals surface area (Å²) in [5.74, 6) is -0.260. The summed E-state index contributed by atoms with van der Waals surface area (Å²) in [5, 5.41) is 0. The molecule has 0 N–H and O–H groups in total. The second-order valence-electron chi connectivity index (χ2n) is 7.26. The molecule has 1 saturated heterocycles. The number of nitrogens with zero attached hydrogens (tertiary/aromatic N) is 1.